The largest absolute Gasteiger partial charge is 0.340 e. The van der Waals surface area contributed by atoms with E-state index in [-0.39, 0.29) is 13.1 Å². The van der Waals surface area contributed by atoms with E-state index in [1.54, 1.807) is 44.2 Å². The quantitative estimate of drug-likeness (QED) is 0.327. The SMILES string of the molecule is CCN1CCN(C(=O)NC(C(=O)N[C@@H]2C(=O)N(O)C2C)c2ccccc2)C(=O)C1=O. The van der Waals surface area contributed by atoms with Gasteiger partial charge in [0, 0.05) is 19.6 Å². The Bertz CT molecular complexity index is 875. The van der Waals surface area contributed by atoms with Crippen molar-refractivity contribution in [2.75, 3.05) is 19.6 Å². The van der Waals surface area contributed by atoms with Crippen LogP contribution in [0.25, 0.3) is 0 Å². The fraction of sp³-hybridized carbons (Fsp3) is 0.421. The molecule has 11 nitrogen and oxygen atoms in total. The first-order chi connectivity index (χ1) is 14.3. The number of rotatable bonds is 5. The summed E-state index contributed by atoms with van der Waals surface area (Å²) in [5, 5.41) is 14.9. The Morgan fingerprint density at radius 3 is 2.40 bits per heavy atom. The second-order valence-corrected chi connectivity index (χ2v) is 7.04. The highest BCUT2D eigenvalue weighted by Gasteiger charge is 2.46. The summed E-state index contributed by atoms with van der Waals surface area (Å²) in [5.74, 6) is -3.09. The second-order valence-electron chi connectivity index (χ2n) is 7.04. The molecule has 0 bridgehead atoms. The normalized spacial score (nSPS) is 22.5. The van der Waals surface area contributed by atoms with Gasteiger partial charge in [-0.15, -0.1) is 0 Å². The summed E-state index contributed by atoms with van der Waals surface area (Å²) in [6, 6.07) is 4.65. The molecular weight excluding hydrogens is 394 g/mol. The summed E-state index contributed by atoms with van der Waals surface area (Å²) in [7, 11) is 0. The maximum absolute atomic E-state index is 12.9. The van der Waals surface area contributed by atoms with Crippen LogP contribution in [-0.2, 0) is 19.2 Å². The van der Waals surface area contributed by atoms with E-state index in [0.29, 0.717) is 17.2 Å². The Balaban J connectivity index is 1.76. The van der Waals surface area contributed by atoms with Crippen molar-refractivity contribution in [2.45, 2.75) is 32.0 Å². The van der Waals surface area contributed by atoms with E-state index in [1.165, 1.54) is 4.90 Å². The molecule has 0 aliphatic carbocycles. The summed E-state index contributed by atoms with van der Waals surface area (Å²) < 4.78 is 0. The van der Waals surface area contributed by atoms with Crippen LogP contribution in [0.2, 0.25) is 0 Å². The number of imide groups is 1. The topological polar surface area (TPSA) is 139 Å². The van der Waals surface area contributed by atoms with Crippen molar-refractivity contribution in [1.82, 2.24) is 25.5 Å². The van der Waals surface area contributed by atoms with Gasteiger partial charge in [0.25, 0.3) is 5.91 Å². The Morgan fingerprint density at radius 1 is 1.13 bits per heavy atom. The zero-order valence-electron chi connectivity index (χ0n) is 16.6. The van der Waals surface area contributed by atoms with Crippen LogP contribution in [0.4, 0.5) is 4.79 Å². The van der Waals surface area contributed by atoms with Gasteiger partial charge in [-0.3, -0.25) is 29.3 Å². The van der Waals surface area contributed by atoms with Gasteiger partial charge >= 0.3 is 17.8 Å². The van der Waals surface area contributed by atoms with Crippen molar-refractivity contribution in [1.29, 1.82) is 0 Å². The summed E-state index contributed by atoms with van der Waals surface area (Å²) >= 11 is 0. The number of amides is 6. The second kappa shape index (κ2) is 8.49. The van der Waals surface area contributed by atoms with Crippen LogP contribution < -0.4 is 10.6 Å². The fourth-order valence-corrected chi connectivity index (χ4v) is 3.34. The standard InChI is InChI=1S/C19H23N5O6/c1-3-22-9-10-23(18(28)17(22)27)19(29)21-14(12-7-5-4-6-8-12)15(25)20-13-11(2)24(30)16(13)26/h4-8,11,13-14,30H,3,9-10H2,1-2H3,(H,20,25)(H,21,29)/t11?,13-,14?/m0/s1. The molecule has 1 aromatic rings. The number of piperazine rings is 1. The first kappa shape index (κ1) is 21.2. The van der Waals surface area contributed by atoms with Crippen LogP contribution in [0.15, 0.2) is 30.3 Å². The van der Waals surface area contributed by atoms with Gasteiger partial charge in [-0.05, 0) is 19.4 Å². The van der Waals surface area contributed by atoms with Crippen molar-refractivity contribution < 1.29 is 29.2 Å². The zero-order chi connectivity index (χ0) is 22.0. The van der Waals surface area contributed by atoms with Crippen molar-refractivity contribution in [3.05, 3.63) is 35.9 Å². The Hall–Kier alpha value is -3.47. The number of hydroxylamine groups is 2. The number of hydrogen-bond donors (Lipinski definition) is 3. The van der Waals surface area contributed by atoms with Gasteiger partial charge in [-0.1, -0.05) is 30.3 Å². The predicted molar refractivity (Wildman–Crippen MR) is 102 cm³/mol. The lowest BCUT2D eigenvalue weighted by Gasteiger charge is -2.41. The van der Waals surface area contributed by atoms with E-state index < -0.39 is 47.8 Å². The molecule has 160 valence electrons. The molecule has 0 aromatic heterocycles. The Labute approximate surface area is 172 Å². The molecule has 3 rings (SSSR count). The summed E-state index contributed by atoms with van der Waals surface area (Å²) in [6.45, 7) is 3.85. The lowest BCUT2D eigenvalue weighted by molar-refractivity contribution is -0.207. The summed E-state index contributed by atoms with van der Waals surface area (Å²) in [5.41, 5.74) is 0.426. The maximum atomic E-state index is 12.9. The number of benzene rings is 1. The van der Waals surface area contributed by atoms with Crippen LogP contribution >= 0.6 is 0 Å². The minimum Gasteiger partial charge on any atom is -0.340 e. The highest BCUT2D eigenvalue weighted by molar-refractivity contribution is 6.38. The number of hydrogen-bond acceptors (Lipinski definition) is 6. The minimum atomic E-state index is -1.21. The predicted octanol–water partition coefficient (Wildman–Crippen LogP) is -0.767. The number of urea groups is 1. The number of nitrogens with one attached hydrogen (secondary N) is 2. The van der Waals surface area contributed by atoms with Gasteiger partial charge in [0.15, 0.2) is 0 Å². The summed E-state index contributed by atoms with van der Waals surface area (Å²) in [6.07, 6.45) is 0. The van der Waals surface area contributed by atoms with Crippen LogP contribution in [0.5, 0.6) is 0 Å². The van der Waals surface area contributed by atoms with Crippen LogP contribution in [0.1, 0.15) is 25.5 Å². The van der Waals surface area contributed by atoms with Crippen molar-refractivity contribution in [3.8, 4) is 0 Å². The minimum absolute atomic E-state index is 0.00495. The highest BCUT2D eigenvalue weighted by atomic mass is 16.5. The lowest BCUT2D eigenvalue weighted by atomic mass is 9.98. The average molecular weight is 417 g/mol. The average Bonchev–Trinajstić information content (AvgIpc) is 2.77. The third kappa shape index (κ3) is 3.83. The third-order valence-electron chi connectivity index (χ3n) is 5.26. The molecule has 6 amide bonds. The molecule has 2 saturated heterocycles. The van der Waals surface area contributed by atoms with Gasteiger partial charge < -0.3 is 15.5 Å². The molecule has 0 saturated carbocycles. The van der Waals surface area contributed by atoms with E-state index >= 15 is 0 Å². The molecule has 2 fully saturated rings. The summed E-state index contributed by atoms with van der Waals surface area (Å²) in [4.78, 5) is 63.8. The van der Waals surface area contributed by atoms with Crippen LogP contribution in [0, 0.1) is 0 Å². The zero-order valence-corrected chi connectivity index (χ0v) is 16.6. The number of carbonyl (C=O) groups excluding carboxylic acids is 5. The van der Waals surface area contributed by atoms with Gasteiger partial charge in [0.05, 0.1) is 6.04 Å². The van der Waals surface area contributed by atoms with Crippen molar-refractivity contribution in [2.24, 2.45) is 0 Å². The first-order valence-corrected chi connectivity index (χ1v) is 9.54. The monoisotopic (exact) mass is 417 g/mol. The smallest absolute Gasteiger partial charge is 0.325 e. The van der Waals surface area contributed by atoms with Gasteiger partial charge in [0.2, 0.25) is 5.91 Å². The van der Waals surface area contributed by atoms with Gasteiger partial charge in [0.1, 0.15) is 12.1 Å². The Kier molecular flexibility index (Phi) is 6.01. The van der Waals surface area contributed by atoms with Crippen LogP contribution in [0.3, 0.4) is 0 Å². The molecule has 2 heterocycles. The van der Waals surface area contributed by atoms with E-state index in [4.69, 9.17) is 0 Å². The number of carbonyl (C=O) groups is 5. The number of likely N-dealkylation sites (N-methyl/N-ethyl adjacent to an activating group) is 1. The molecule has 2 unspecified atom stereocenters. The molecule has 30 heavy (non-hydrogen) atoms. The number of nitrogens with zero attached hydrogens (tertiary/aromatic N) is 3. The molecule has 1 aromatic carbocycles. The van der Waals surface area contributed by atoms with Crippen molar-refractivity contribution >= 4 is 29.7 Å². The lowest BCUT2D eigenvalue weighted by Crippen LogP contribution is -2.69. The molecule has 2 aliphatic heterocycles. The van der Waals surface area contributed by atoms with Crippen LogP contribution in [-0.4, -0.2) is 81.4 Å². The van der Waals surface area contributed by atoms with Gasteiger partial charge in [-0.25, -0.2) is 9.86 Å². The van der Waals surface area contributed by atoms with E-state index in [9.17, 15) is 29.2 Å². The van der Waals surface area contributed by atoms with Crippen molar-refractivity contribution in [3.63, 3.8) is 0 Å². The molecular formula is C19H23N5O6. The Morgan fingerprint density at radius 2 is 1.80 bits per heavy atom. The molecule has 11 heteroatoms. The molecule has 0 spiro atoms. The van der Waals surface area contributed by atoms with Gasteiger partial charge in [-0.2, -0.15) is 0 Å². The maximum Gasteiger partial charge on any atom is 0.325 e. The van der Waals surface area contributed by atoms with E-state index in [2.05, 4.69) is 10.6 Å². The number of β-lactam (4-membered cyclic amide) rings is 1. The van der Waals surface area contributed by atoms with E-state index in [0.717, 1.165) is 4.90 Å². The third-order valence-corrected chi connectivity index (χ3v) is 5.26. The molecule has 2 aliphatic rings. The molecule has 3 N–H and O–H groups in total. The fourth-order valence-electron chi connectivity index (χ4n) is 3.34. The molecule has 3 atom stereocenters. The van der Waals surface area contributed by atoms with E-state index in [1.807, 2.05) is 0 Å². The highest BCUT2D eigenvalue weighted by Crippen LogP contribution is 2.20. The first-order valence-electron chi connectivity index (χ1n) is 9.54. The molecule has 0 radical (unpaired) electrons.